The molecule has 0 atom stereocenters. The number of aromatic nitrogens is 2. The number of fused-ring (bicyclic) bond motifs is 1. The van der Waals surface area contributed by atoms with Gasteiger partial charge in [0, 0.05) is 17.8 Å². The van der Waals surface area contributed by atoms with Crippen molar-refractivity contribution in [3.05, 3.63) is 52.3 Å². The molecule has 2 aromatic carbocycles. The monoisotopic (exact) mass is 399 g/mol. The first-order chi connectivity index (χ1) is 12.9. The van der Waals surface area contributed by atoms with Crippen molar-refractivity contribution >= 4 is 40.1 Å². The summed E-state index contributed by atoms with van der Waals surface area (Å²) in [6.45, 7) is -0.0660. The van der Waals surface area contributed by atoms with Crippen LogP contribution >= 0.6 is 11.6 Å². The highest BCUT2D eigenvalue weighted by atomic mass is 35.5. The lowest BCUT2D eigenvalue weighted by atomic mass is 10.1. The summed E-state index contributed by atoms with van der Waals surface area (Å²) in [5, 5.41) is 26.4. The molecule has 0 saturated heterocycles. The number of anilines is 2. The van der Waals surface area contributed by atoms with Gasteiger partial charge in [-0.05, 0) is 24.3 Å². The maximum Gasteiger partial charge on any atom is 0.201 e. The molecule has 142 valence electrons. The highest BCUT2D eigenvalue weighted by molar-refractivity contribution is 6.31. The minimum absolute atomic E-state index is 0.0311. The summed E-state index contributed by atoms with van der Waals surface area (Å²) in [5.74, 6) is -3.21. The van der Waals surface area contributed by atoms with Crippen molar-refractivity contribution in [2.45, 2.75) is 0 Å². The summed E-state index contributed by atoms with van der Waals surface area (Å²) in [6.07, 6.45) is 0. The van der Waals surface area contributed by atoms with E-state index in [0.29, 0.717) is 0 Å². The Bertz CT molecular complexity index is 1020. The molecule has 0 amide bonds. The number of aliphatic hydroxyl groups is 1. The number of nitrogens with zero attached hydrogens (tertiary/aromatic N) is 2. The maximum absolute atomic E-state index is 14.1. The molecular weight excluding hydrogens is 387 g/mol. The molecule has 27 heavy (non-hydrogen) atoms. The molecule has 3 rings (SSSR count). The number of H-pyrrole nitrogens is 1. The predicted octanol–water partition coefficient (Wildman–Crippen LogP) is 3.29. The Balaban J connectivity index is 2.05. The Labute approximate surface area is 155 Å². The first-order valence-corrected chi connectivity index (χ1v) is 7.99. The van der Waals surface area contributed by atoms with E-state index in [0.717, 1.165) is 12.1 Å². The van der Waals surface area contributed by atoms with E-state index < -0.39 is 17.5 Å². The Morgan fingerprint density at radius 1 is 1.22 bits per heavy atom. The second kappa shape index (κ2) is 7.72. The fourth-order valence-electron chi connectivity index (χ4n) is 2.40. The number of oxime groups is 1. The molecule has 0 radical (unpaired) electrons. The van der Waals surface area contributed by atoms with Gasteiger partial charge in [0.25, 0.3) is 0 Å². The molecule has 0 saturated carbocycles. The van der Waals surface area contributed by atoms with Gasteiger partial charge in [-0.2, -0.15) is 0 Å². The lowest BCUT2D eigenvalue weighted by Crippen LogP contribution is -2.15. The number of rotatable bonds is 5. The number of aromatic amines is 1. The average molecular weight is 400 g/mol. The lowest BCUT2D eigenvalue weighted by molar-refractivity contribution is 0.311. The Hall–Kier alpha value is -2.98. The number of imidazole rings is 1. The van der Waals surface area contributed by atoms with Crippen LogP contribution in [0.25, 0.3) is 11.0 Å². The first-order valence-electron chi connectivity index (χ1n) is 7.61. The summed E-state index contributed by atoms with van der Waals surface area (Å²) in [6, 6.07) is 4.47. The molecular formula is C16H13ClF3N5O2. The number of aliphatic hydroxyl groups excluding tert-OH is 1. The second-order valence-electron chi connectivity index (χ2n) is 5.38. The van der Waals surface area contributed by atoms with Crippen molar-refractivity contribution in [2.75, 3.05) is 23.8 Å². The smallest absolute Gasteiger partial charge is 0.201 e. The zero-order chi connectivity index (χ0) is 19.6. The zero-order valence-corrected chi connectivity index (χ0v) is 14.3. The van der Waals surface area contributed by atoms with Crippen molar-refractivity contribution in [1.82, 2.24) is 9.97 Å². The maximum atomic E-state index is 14.1. The van der Waals surface area contributed by atoms with Crippen molar-refractivity contribution in [3.8, 4) is 0 Å². The van der Waals surface area contributed by atoms with Crippen LogP contribution in [0.5, 0.6) is 0 Å². The van der Waals surface area contributed by atoms with Crippen molar-refractivity contribution in [2.24, 2.45) is 5.16 Å². The van der Waals surface area contributed by atoms with E-state index in [2.05, 4.69) is 25.8 Å². The van der Waals surface area contributed by atoms with Crippen LogP contribution in [-0.4, -0.2) is 39.3 Å². The lowest BCUT2D eigenvalue weighted by Gasteiger charge is -2.10. The largest absolute Gasteiger partial charge is 0.409 e. The second-order valence-corrected chi connectivity index (χ2v) is 5.79. The summed E-state index contributed by atoms with van der Waals surface area (Å²) in [4.78, 5) is 6.62. The van der Waals surface area contributed by atoms with Gasteiger partial charge < -0.3 is 25.9 Å². The van der Waals surface area contributed by atoms with Crippen molar-refractivity contribution in [1.29, 1.82) is 0 Å². The van der Waals surface area contributed by atoms with Crippen LogP contribution in [0, 0.1) is 17.5 Å². The van der Waals surface area contributed by atoms with Crippen LogP contribution in [-0.2, 0) is 0 Å². The minimum atomic E-state index is -1.21. The van der Waals surface area contributed by atoms with Crippen LogP contribution in [0.4, 0.5) is 24.8 Å². The predicted molar refractivity (Wildman–Crippen MR) is 94.9 cm³/mol. The number of benzene rings is 2. The van der Waals surface area contributed by atoms with E-state index in [-0.39, 0.29) is 52.2 Å². The van der Waals surface area contributed by atoms with Gasteiger partial charge in [0.2, 0.25) is 5.95 Å². The molecule has 11 heteroatoms. The highest BCUT2D eigenvalue weighted by Gasteiger charge is 2.20. The van der Waals surface area contributed by atoms with Crippen molar-refractivity contribution < 1.29 is 23.5 Å². The van der Waals surface area contributed by atoms with Crippen molar-refractivity contribution in [3.63, 3.8) is 0 Å². The molecule has 5 N–H and O–H groups in total. The summed E-state index contributed by atoms with van der Waals surface area (Å²) >= 11 is 5.71. The molecule has 3 aromatic rings. The van der Waals surface area contributed by atoms with Crippen LogP contribution in [0.3, 0.4) is 0 Å². The molecule has 0 bridgehead atoms. The van der Waals surface area contributed by atoms with Gasteiger partial charge in [-0.3, -0.25) is 0 Å². The standard InChI is InChI=1S/C16H13ClF3N5O2/c17-9-5-7(1-2-10(9)18)22-15(25-27)8-6-11(19)12(20)14-13(8)23-16(24-14)21-3-4-26/h1-2,5-6,26-27H,3-4H2,(H,22,25)(H2,21,23,24). The quantitative estimate of drug-likeness (QED) is 0.196. The van der Waals surface area contributed by atoms with E-state index >= 15 is 0 Å². The molecule has 0 aliphatic carbocycles. The Morgan fingerprint density at radius 2 is 2.00 bits per heavy atom. The van der Waals surface area contributed by atoms with Crippen LogP contribution < -0.4 is 10.6 Å². The number of halogens is 4. The first kappa shape index (κ1) is 18.8. The highest BCUT2D eigenvalue weighted by Crippen LogP contribution is 2.26. The molecule has 0 aliphatic heterocycles. The molecule has 0 unspecified atom stereocenters. The molecule has 0 fully saturated rings. The van der Waals surface area contributed by atoms with Crippen LogP contribution in [0.15, 0.2) is 29.4 Å². The zero-order valence-electron chi connectivity index (χ0n) is 13.5. The van der Waals surface area contributed by atoms with Gasteiger partial charge in [0.05, 0.1) is 17.1 Å². The van der Waals surface area contributed by atoms with Crippen LogP contribution in [0.1, 0.15) is 5.56 Å². The fraction of sp³-hybridized carbons (Fsp3) is 0.125. The third kappa shape index (κ3) is 3.76. The van der Waals surface area contributed by atoms with Gasteiger partial charge in [-0.1, -0.05) is 16.8 Å². The molecule has 1 heterocycles. The average Bonchev–Trinajstić information content (AvgIpc) is 3.08. The molecule has 1 aromatic heterocycles. The Morgan fingerprint density at radius 3 is 2.67 bits per heavy atom. The number of hydrogen-bond acceptors (Lipinski definition) is 5. The van der Waals surface area contributed by atoms with E-state index in [1.165, 1.54) is 12.1 Å². The minimum Gasteiger partial charge on any atom is -0.409 e. The van der Waals surface area contributed by atoms with E-state index in [9.17, 15) is 18.4 Å². The van der Waals surface area contributed by atoms with Gasteiger partial charge in [-0.25, -0.2) is 18.2 Å². The van der Waals surface area contributed by atoms with Gasteiger partial charge in [-0.15, -0.1) is 0 Å². The van der Waals surface area contributed by atoms with Crippen LogP contribution in [0.2, 0.25) is 5.02 Å². The normalized spacial score (nSPS) is 11.8. The van der Waals surface area contributed by atoms with Gasteiger partial charge in [0.1, 0.15) is 11.3 Å². The third-order valence-corrected chi connectivity index (χ3v) is 3.89. The summed E-state index contributed by atoms with van der Waals surface area (Å²) in [5.41, 5.74) is -0.0602. The van der Waals surface area contributed by atoms with E-state index in [1.54, 1.807) is 0 Å². The molecule has 7 nitrogen and oxygen atoms in total. The molecule has 0 spiro atoms. The number of nitrogens with one attached hydrogen (secondary N) is 3. The summed E-state index contributed by atoms with van der Waals surface area (Å²) in [7, 11) is 0. The third-order valence-electron chi connectivity index (χ3n) is 3.60. The SMILES string of the molecule is OCCNc1nc2c(F)c(F)cc(/C(=N/O)Nc3ccc(F)c(Cl)c3)c2[nH]1. The summed E-state index contributed by atoms with van der Waals surface area (Å²) < 4.78 is 41.4. The fourth-order valence-corrected chi connectivity index (χ4v) is 2.58. The topological polar surface area (TPSA) is 106 Å². The number of hydrogen-bond donors (Lipinski definition) is 5. The van der Waals surface area contributed by atoms with Gasteiger partial charge >= 0.3 is 0 Å². The van der Waals surface area contributed by atoms with E-state index in [4.69, 9.17) is 16.7 Å². The number of amidine groups is 1. The van der Waals surface area contributed by atoms with Gasteiger partial charge in [0.15, 0.2) is 17.5 Å². The van der Waals surface area contributed by atoms with E-state index in [1.807, 2.05) is 0 Å². The Kier molecular flexibility index (Phi) is 5.38. The molecule has 0 aliphatic rings.